The number of rotatable bonds is 3. The fourth-order valence-corrected chi connectivity index (χ4v) is 2.28. The van der Waals surface area contributed by atoms with Crippen molar-refractivity contribution in [1.82, 2.24) is 0 Å². The maximum atomic E-state index is 12.4. The van der Waals surface area contributed by atoms with E-state index in [1.54, 1.807) is 11.9 Å². The van der Waals surface area contributed by atoms with Crippen LogP contribution in [-0.4, -0.2) is 13.0 Å². The summed E-state index contributed by atoms with van der Waals surface area (Å²) in [6.07, 6.45) is 0. The van der Waals surface area contributed by atoms with Crippen molar-refractivity contribution in [1.29, 1.82) is 0 Å². The molecular weight excluding hydrogens is 258 g/mol. The molecule has 2 aromatic rings. The lowest BCUT2D eigenvalue weighted by atomic mass is 10.1. The molecule has 0 heterocycles. The van der Waals surface area contributed by atoms with Gasteiger partial charge in [0.2, 0.25) is 5.91 Å². The first-order valence-corrected chi connectivity index (χ1v) is 6.57. The number of carbonyl (C=O) groups is 1. The molecule has 0 bridgehead atoms. The van der Waals surface area contributed by atoms with Gasteiger partial charge in [0.15, 0.2) is 0 Å². The van der Waals surface area contributed by atoms with Gasteiger partial charge in [0.25, 0.3) is 0 Å². The molecule has 0 N–H and O–H groups in total. The fraction of sp³-hybridized carbons (Fsp3) is 0.188. The van der Waals surface area contributed by atoms with Gasteiger partial charge in [0, 0.05) is 12.7 Å². The predicted octanol–water partition coefficient (Wildman–Crippen LogP) is 3.94. The van der Waals surface area contributed by atoms with Crippen molar-refractivity contribution >= 4 is 23.2 Å². The van der Waals surface area contributed by atoms with Crippen LogP contribution in [-0.2, 0) is 4.79 Å². The van der Waals surface area contributed by atoms with Crippen molar-refractivity contribution in [2.75, 3.05) is 11.9 Å². The molecular formula is C16H16ClNO. The minimum Gasteiger partial charge on any atom is -0.314 e. The number of aryl methyl sites for hydroxylation is 1. The second-order valence-electron chi connectivity index (χ2n) is 4.46. The number of amides is 1. The van der Waals surface area contributed by atoms with Gasteiger partial charge in [-0.15, -0.1) is 11.6 Å². The summed E-state index contributed by atoms with van der Waals surface area (Å²) in [4.78, 5) is 14.0. The molecule has 0 saturated heterocycles. The number of para-hydroxylation sites is 1. The largest absolute Gasteiger partial charge is 0.314 e. The number of halogens is 1. The highest BCUT2D eigenvalue weighted by atomic mass is 35.5. The second kappa shape index (κ2) is 5.89. The van der Waals surface area contributed by atoms with Crippen LogP contribution in [0.15, 0.2) is 54.6 Å². The Hall–Kier alpha value is -1.80. The van der Waals surface area contributed by atoms with Gasteiger partial charge in [-0.2, -0.15) is 0 Å². The fourth-order valence-electron chi connectivity index (χ4n) is 1.99. The third-order valence-electron chi connectivity index (χ3n) is 3.12. The quantitative estimate of drug-likeness (QED) is 0.776. The second-order valence-corrected chi connectivity index (χ2v) is 4.89. The number of anilines is 1. The Morgan fingerprint density at radius 2 is 1.63 bits per heavy atom. The Bertz CT molecular complexity index is 568. The number of benzene rings is 2. The van der Waals surface area contributed by atoms with Gasteiger partial charge in [0.1, 0.15) is 5.38 Å². The molecule has 0 aliphatic carbocycles. The van der Waals surface area contributed by atoms with E-state index in [1.807, 2.05) is 61.5 Å². The van der Waals surface area contributed by atoms with E-state index in [0.29, 0.717) is 0 Å². The molecule has 0 aliphatic rings. The molecule has 98 valence electrons. The average Bonchev–Trinajstić information content (AvgIpc) is 2.46. The molecule has 0 fully saturated rings. The summed E-state index contributed by atoms with van der Waals surface area (Å²) in [5.41, 5.74) is 2.75. The predicted molar refractivity (Wildman–Crippen MR) is 79.6 cm³/mol. The van der Waals surface area contributed by atoms with Gasteiger partial charge in [-0.05, 0) is 24.1 Å². The van der Waals surface area contributed by atoms with Crippen LogP contribution in [0.5, 0.6) is 0 Å². The van der Waals surface area contributed by atoms with Crippen LogP contribution in [0, 0.1) is 6.92 Å². The van der Waals surface area contributed by atoms with Gasteiger partial charge < -0.3 is 4.90 Å². The summed E-state index contributed by atoms with van der Waals surface area (Å²) in [6.45, 7) is 1.98. The number of likely N-dealkylation sites (N-methyl/N-ethyl adjacent to an activating group) is 1. The maximum absolute atomic E-state index is 12.4. The number of alkyl halides is 1. The van der Waals surface area contributed by atoms with E-state index in [2.05, 4.69) is 0 Å². The van der Waals surface area contributed by atoms with Crippen LogP contribution < -0.4 is 4.90 Å². The summed E-state index contributed by atoms with van der Waals surface area (Å²) < 4.78 is 0. The zero-order chi connectivity index (χ0) is 13.8. The highest BCUT2D eigenvalue weighted by molar-refractivity contribution is 6.32. The van der Waals surface area contributed by atoms with E-state index in [0.717, 1.165) is 16.8 Å². The molecule has 0 aliphatic heterocycles. The Labute approximate surface area is 118 Å². The Balaban J connectivity index is 2.23. The van der Waals surface area contributed by atoms with Gasteiger partial charge in [0.05, 0.1) is 0 Å². The molecule has 0 radical (unpaired) electrons. The van der Waals surface area contributed by atoms with Crippen LogP contribution in [0.2, 0.25) is 0 Å². The lowest BCUT2D eigenvalue weighted by Gasteiger charge is -2.22. The minimum atomic E-state index is -0.661. The van der Waals surface area contributed by atoms with Gasteiger partial charge in [-0.3, -0.25) is 4.79 Å². The molecule has 0 spiro atoms. The average molecular weight is 274 g/mol. The van der Waals surface area contributed by atoms with Crippen molar-refractivity contribution in [2.45, 2.75) is 12.3 Å². The molecule has 0 saturated carbocycles. The van der Waals surface area contributed by atoms with Crippen LogP contribution in [0.1, 0.15) is 16.5 Å². The SMILES string of the molecule is Cc1ccccc1N(C)C(=O)[C@@H](Cl)c1ccccc1. The zero-order valence-corrected chi connectivity index (χ0v) is 11.8. The van der Waals surface area contributed by atoms with Crippen LogP contribution in [0.4, 0.5) is 5.69 Å². The number of carbonyl (C=O) groups excluding carboxylic acids is 1. The smallest absolute Gasteiger partial charge is 0.249 e. The lowest BCUT2D eigenvalue weighted by Crippen LogP contribution is -2.30. The van der Waals surface area contributed by atoms with Crippen molar-refractivity contribution in [3.05, 3.63) is 65.7 Å². The molecule has 1 amide bonds. The van der Waals surface area contributed by atoms with Crippen LogP contribution in [0.3, 0.4) is 0 Å². The summed E-state index contributed by atoms with van der Waals surface area (Å²) in [7, 11) is 1.75. The molecule has 1 atom stereocenters. The molecule has 3 heteroatoms. The van der Waals surface area contributed by atoms with Gasteiger partial charge >= 0.3 is 0 Å². The molecule has 19 heavy (non-hydrogen) atoms. The first-order valence-electron chi connectivity index (χ1n) is 6.13. The van der Waals surface area contributed by atoms with Gasteiger partial charge in [-0.25, -0.2) is 0 Å². The molecule has 2 aromatic carbocycles. The lowest BCUT2D eigenvalue weighted by molar-refractivity contribution is -0.118. The van der Waals surface area contributed by atoms with E-state index in [9.17, 15) is 4.79 Å². The highest BCUT2D eigenvalue weighted by Crippen LogP contribution is 2.26. The van der Waals surface area contributed by atoms with E-state index in [-0.39, 0.29) is 5.91 Å². The van der Waals surface area contributed by atoms with Crippen molar-refractivity contribution in [3.63, 3.8) is 0 Å². The van der Waals surface area contributed by atoms with E-state index in [4.69, 9.17) is 11.6 Å². The third kappa shape index (κ3) is 2.96. The molecule has 2 nitrogen and oxygen atoms in total. The standard InChI is InChI=1S/C16H16ClNO/c1-12-8-6-7-11-14(12)18(2)16(19)15(17)13-9-4-3-5-10-13/h3-11,15H,1-2H3/t15-/m0/s1. The molecule has 2 rings (SSSR count). The van der Waals surface area contributed by atoms with Crippen molar-refractivity contribution < 1.29 is 4.79 Å². The number of nitrogens with zero attached hydrogens (tertiary/aromatic N) is 1. The Kier molecular flexibility index (Phi) is 4.23. The van der Waals surface area contributed by atoms with E-state index >= 15 is 0 Å². The zero-order valence-electron chi connectivity index (χ0n) is 11.0. The summed E-state index contributed by atoms with van der Waals surface area (Å²) in [6, 6.07) is 17.2. The Morgan fingerprint density at radius 3 is 2.26 bits per heavy atom. The summed E-state index contributed by atoms with van der Waals surface area (Å²) in [5, 5.41) is -0.661. The van der Waals surface area contributed by atoms with Crippen LogP contribution in [0.25, 0.3) is 0 Å². The van der Waals surface area contributed by atoms with E-state index < -0.39 is 5.38 Å². The highest BCUT2D eigenvalue weighted by Gasteiger charge is 2.22. The van der Waals surface area contributed by atoms with Crippen molar-refractivity contribution in [2.24, 2.45) is 0 Å². The Morgan fingerprint density at radius 1 is 1.05 bits per heavy atom. The number of hydrogen-bond acceptors (Lipinski definition) is 1. The first kappa shape index (κ1) is 13.6. The summed E-state index contributed by atoms with van der Waals surface area (Å²) >= 11 is 6.26. The molecule has 0 aromatic heterocycles. The summed E-state index contributed by atoms with van der Waals surface area (Å²) in [5.74, 6) is -0.123. The van der Waals surface area contributed by atoms with Crippen LogP contribution >= 0.6 is 11.6 Å². The van der Waals surface area contributed by atoms with Crippen molar-refractivity contribution in [3.8, 4) is 0 Å². The normalized spacial score (nSPS) is 11.9. The third-order valence-corrected chi connectivity index (χ3v) is 3.56. The maximum Gasteiger partial charge on any atom is 0.249 e. The monoisotopic (exact) mass is 273 g/mol. The number of hydrogen-bond donors (Lipinski definition) is 0. The van der Waals surface area contributed by atoms with E-state index in [1.165, 1.54) is 0 Å². The minimum absolute atomic E-state index is 0.123. The van der Waals surface area contributed by atoms with Gasteiger partial charge in [-0.1, -0.05) is 48.5 Å². The first-order chi connectivity index (χ1) is 9.11. The topological polar surface area (TPSA) is 20.3 Å². The molecule has 0 unspecified atom stereocenters.